The fourth-order valence-corrected chi connectivity index (χ4v) is 11.2. The summed E-state index contributed by atoms with van der Waals surface area (Å²) in [5, 5.41) is 10.5. The molecule has 0 aromatic carbocycles. The highest BCUT2D eigenvalue weighted by molar-refractivity contribution is 5.71. The maximum atomic E-state index is 13.4. The zero-order chi connectivity index (χ0) is 57.7. The van der Waals surface area contributed by atoms with E-state index >= 15 is 0 Å². The maximum absolute atomic E-state index is 13.4. The molecule has 1 aliphatic rings. The van der Waals surface area contributed by atoms with Crippen molar-refractivity contribution in [2.24, 2.45) is 0 Å². The number of hydrogen-bond donors (Lipinski definition) is 1. The van der Waals surface area contributed by atoms with Crippen LogP contribution < -0.4 is 0 Å². The Labute approximate surface area is 495 Å². The van der Waals surface area contributed by atoms with Crippen LogP contribution in [0.3, 0.4) is 0 Å². The second-order valence-corrected chi connectivity index (χ2v) is 24.2. The summed E-state index contributed by atoms with van der Waals surface area (Å²) in [5.74, 6) is -1.11. The van der Waals surface area contributed by atoms with Crippen LogP contribution in [-0.2, 0) is 33.3 Å². The third kappa shape index (κ3) is 50.1. The molecule has 1 rings (SSSR count). The first-order valence-corrected chi connectivity index (χ1v) is 35.2. The van der Waals surface area contributed by atoms with Gasteiger partial charge in [0.15, 0.2) is 18.3 Å². The van der Waals surface area contributed by atoms with Crippen molar-refractivity contribution >= 4 is 17.9 Å². The highest BCUT2D eigenvalue weighted by atomic mass is 16.6. The van der Waals surface area contributed by atoms with E-state index in [0.717, 1.165) is 57.8 Å². The van der Waals surface area contributed by atoms with Crippen LogP contribution in [0.25, 0.3) is 0 Å². The third-order valence-corrected chi connectivity index (χ3v) is 16.5. The van der Waals surface area contributed by atoms with Crippen LogP contribution >= 0.6 is 0 Å². The van der Waals surface area contributed by atoms with Crippen molar-refractivity contribution in [3.05, 3.63) is 36.5 Å². The first-order chi connectivity index (χ1) is 39.5. The molecular weight excluding hydrogens is 993 g/mol. The van der Waals surface area contributed by atoms with E-state index in [-0.39, 0.29) is 31.4 Å². The first-order valence-electron chi connectivity index (χ1n) is 35.2. The van der Waals surface area contributed by atoms with E-state index < -0.39 is 37.0 Å². The Morgan fingerprint density at radius 1 is 0.362 bits per heavy atom. The van der Waals surface area contributed by atoms with Crippen molar-refractivity contribution in [3.63, 3.8) is 0 Å². The van der Waals surface area contributed by atoms with Crippen LogP contribution in [0.15, 0.2) is 36.5 Å². The third-order valence-electron chi connectivity index (χ3n) is 16.5. The topological polar surface area (TPSA) is 108 Å². The molecule has 1 saturated heterocycles. The Balaban J connectivity index is 2.44. The molecule has 1 aliphatic heterocycles. The Morgan fingerprint density at radius 3 is 0.900 bits per heavy atom. The van der Waals surface area contributed by atoms with Gasteiger partial charge in [0.25, 0.3) is 0 Å². The average Bonchev–Trinajstić information content (AvgIpc) is 3.84. The van der Waals surface area contributed by atoms with E-state index in [1.165, 1.54) is 270 Å². The SMILES string of the molecule is CCCCCCCCC=CCCCCCCCCCCCC(=O)O[C@H]1[C@@H]([C@@H](CO)OC(=O)CCCCCCCCCCCC=CCCCCCCCC)OC[C@@H]1OC(=O)CCCCCCCCCCCC=CCCCCCCCC. The van der Waals surface area contributed by atoms with E-state index in [1.54, 1.807) is 0 Å². The highest BCUT2D eigenvalue weighted by Gasteiger charge is 2.47. The van der Waals surface area contributed by atoms with Gasteiger partial charge in [-0.3, -0.25) is 14.4 Å². The Hall–Kier alpha value is -2.45. The normalized spacial score (nSPS) is 16.0. The van der Waals surface area contributed by atoms with Crippen LogP contribution in [0.1, 0.15) is 367 Å². The van der Waals surface area contributed by atoms with Crippen molar-refractivity contribution in [2.75, 3.05) is 13.2 Å². The lowest BCUT2D eigenvalue weighted by molar-refractivity contribution is -0.175. The standard InChI is InChI=1S/C72H132O8/c1-4-7-10-13-16-19-22-25-28-31-34-37-40-43-46-49-52-55-58-61-68(74)78-66(64-73)71-72(80-70(76)63-60-57-54-51-48-45-42-39-36-33-30-27-24-21-18-15-12-9-6-3)67(65-77-71)79-69(75)62-59-56-53-50-47-44-41-38-35-32-29-26-23-20-17-14-11-8-5-2/h25-30,66-67,71-73H,4-24,31-65H2,1-3H3/t66-,67+,71-,72-/m1/s1. The van der Waals surface area contributed by atoms with Crippen LogP contribution in [0.4, 0.5) is 0 Å². The number of aliphatic hydroxyl groups is 1. The first kappa shape index (κ1) is 75.6. The van der Waals surface area contributed by atoms with Gasteiger partial charge in [-0.15, -0.1) is 0 Å². The summed E-state index contributed by atoms with van der Waals surface area (Å²) in [6.07, 6.45) is 74.1. The summed E-state index contributed by atoms with van der Waals surface area (Å²) in [6, 6.07) is 0. The monoisotopic (exact) mass is 1120 g/mol. The zero-order valence-electron chi connectivity index (χ0n) is 53.2. The second kappa shape index (κ2) is 61.1. The number of aliphatic hydroxyl groups excluding tert-OH is 1. The molecule has 4 atom stereocenters. The molecule has 0 amide bonds. The van der Waals surface area contributed by atoms with Crippen molar-refractivity contribution in [2.45, 2.75) is 392 Å². The Bertz CT molecular complexity index is 1420. The fraction of sp³-hybridized carbons (Fsp3) is 0.875. The van der Waals surface area contributed by atoms with Gasteiger partial charge in [0, 0.05) is 19.3 Å². The summed E-state index contributed by atoms with van der Waals surface area (Å²) in [5.41, 5.74) is 0. The van der Waals surface area contributed by atoms with Gasteiger partial charge < -0.3 is 24.1 Å². The molecule has 0 bridgehead atoms. The number of carbonyl (C=O) groups is 3. The maximum Gasteiger partial charge on any atom is 0.306 e. The van der Waals surface area contributed by atoms with Crippen molar-refractivity contribution in [3.8, 4) is 0 Å². The molecule has 0 aromatic rings. The molecule has 8 nitrogen and oxygen atoms in total. The summed E-state index contributed by atoms with van der Waals surface area (Å²) in [6.45, 7) is 6.36. The van der Waals surface area contributed by atoms with Gasteiger partial charge in [-0.25, -0.2) is 0 Å². The largest absolute Gasteiger partial charge is 0.457 e. The van der Waals surface area contributed by atoms with Gasteiger partial charge >= 0.3 is 17.9 Å². The van der Waals surface area contributed by atoms with Gasteiger partial charge in [-0.1, -0.05) is 288 Å². The molecule has 1 N–H and O–H groups in total. The van der Waals surface area contributed by atoms with Crippen LogP contribution in [-0.4, -0.2) is 60.6 Å². The van der Waals surface area contributed by atoms with Gasteiger partial charge in [-0.05, 0) is 96.3 Å². The van der Waals surface area contributed by atoms with Crippen molar-refractivity contribution in [1.29, 1.82) is 0 Å². The minimum absolute atomic E-state index is 0.0181. The predicted molar refractivity (Wildman–Crippen MR) is 340 cm³/mol. The summed E-state index contributed by atoms with van der Waals surface area (Å²) >= 11 is 0. The lowest BCUT2D eigenvalue weighted by Gasteiger charge is -2.28. The van der Waals surface area contributed by atoms with E-state index in [2.05, 4.69) is 57.2 Å². The van der Waals surface area contributed by atoms with Crippen LogP contribution in [0.2, 0.25) is 0 Å². The fourth-order valence-electron chi connectivity index (χ4n) is 11.2. The molecule has 8 heteroatoms. The predicted octanol–water partition coefficient (Wildman–Crippen LogP) is 21.9. The van der Waals surface area contributed by atoms with Crippen LogP contribution in [0, 0.1) is 0 Å². The molecule has 0 aromatic heterocycles. The smallest absolute Gasteiger partial charge is 0.306 e. The van der Waals surface area contributed by atoms with Gasteiger partial charge in [-0.2, -0.15) is 0 Å². The molecule has 0 spiro atoms. The molecule has 80 heavy (non-hydrogen) atoms. The summed E-state index contributed by atoms with van der Waals surface area (Å²) < 4.78 is 23.8. The molecule has 0 radical (unpaired) electrons. The number of unbranched alkanes of at least 4 members (excludes halogenated alkanes) is 45. The Kier molecular flexibility index (Phi) is 57.7. The molecule has 1 fully saturated rings. The van der Waals surface area contributed by atoms with Crippen molar-refractivity contribution < 1.29 is 38.4 Å². The lowest BCUT2D eigenvalue weighted by Crippen LogP contribution is -2.46. The van der Waals surface area contributed by atoms with Crippen LogP contribution in [0.5, 0.6) is 0 Å². The number of rotatable bonds is 62. The number of carbonyl (C=O) groups excluding carboxylic acids is 3. The number of hydrogen-bond acceptors (Lipinski definition) is 8. The second-order valence-electron chi connectivity index (χ2n) is 24.2. The minimum Gasteiger partial charge on any atom is -0.457 e. The van der Waals surface area contributed by atoms with Gasteiger partial charge in [0.05, 0.1) is 13.2 Å². The molecule has 0 aliphatic carbocycles. The lowest BCUT2D eigenvalue weighted by atomic mass is 10.0. The average molecular weight is 1130 g/mol. The number of esters is 3. The van der Waals surface area contributed by atoms with E-state index in [1.807, 2.05) is 0 Å². The molecule has 0 unspecified atom stereocenters. The summed E-state index contributed by atoms with van der Waals surface area (Å²) in [4.78, 5) is 39.6. The number of allylic oxidation sites excluding steroid dienone is 6. The zero-order valence-corrected chi connectivity index (χ0v) is 53.2. The van der Waals surface area contributed by atoms with Crippen molar-refractivity contribution in [1.82, 2.24) is 0 Å². The Morgan fingerprint density at radius 2 is 0.613 bits per heavy atom. The molecule has 468 valence electrons. The van der Waals surface area contributed by atoms with Gasteiger partial charge in [0.2, 0.25) is 0 Å². The molecule has 0 saturated carbocycles. The van der Waals surface area contributed by atoms with E-state index in [9.17, 15) is 19.5 Å². The highest BCUT2D eigenvalue weighted by Crippen LogP contribution is 2.28. The van der Waals surface area contributed by atoms with E-state index in [4.69, 9.17) is 18.9 Å². The van der Waals surface area contributed by atoms with Gasteiger partial charge in [0.1, 0.15) is 6.10 Å². The quantitative estimate of drug-likeness (QED) is 0.0278. The summed E-state index contributed by atoms with van der Waals surface area (Å²) in [7, 11) is 0. The minimum atomic E-state index is -1.03. The molecule has 1 heterocycles. The number of ether oxygens (including phenoxy) is 4. The molecular formula is C72H132O8. The van der Waals surface area contributed by atoms with E-state index in [0.29, 0.717) is 6.42 Å².